The van der Waals surface area contributed by atoms with E-state index < -0.39 is 15.6 Å². The molecule has 1 aliphatic rings. The zero-order valence-electron chi connectivity index (χ0n) is 10.5. The summed E-state index contributed by atoms with van der Waals surface area (Å²) in [6, 6.07) is 8.17. The molecular formula is C13H16N2O2S. The third kappa shape index (κ3) is 2.55. The minimum absolute atomic E-state index is 0.0567. The lowest BCUT2D eigenvalue weighted by Crippen LogP contribution is -2.45. The van der Waals surface area contributed by atoms with E-state index in [0.29, 0.717) is 5.92 Å². The highest BCUT2D eigenvalue weighted by Gasteiger charge is 2.40. The lowest BCUT2D eigenvalue weighted by molar-refractivity contribution is 0.400. The summed E-state index contributed by atoms with van der Waals surface area (Å²) in [5.41, 5.74) is -0.280. The third-order valence-electron chi connectivity index (χ3n) is 3.29. The zero-order valence-corrected chi connectivity index (χ0v) is 11.3. The second kappa shape index (κ2) is 4.38. The van der Waals surface area contributed by atoms with Gasteiger partial charge in [0.15, 0.2) is 0 Å². The van der Waals surface area contributed by atoms with E-state index in [-0.39, 0.29) is 10.5 Å². The molecule has 0 saturated heterocycles. The van der Waals surface area contributed by atoms with E-state index in [0.717, 1.165) is 12.8 Å². The van der Waals surface area contributed by atoms with Crippen LogP contribution in [0.5, 0.6) is 0 Å². The summed E-state index contributed by atoms with van der Waals surface area (Å²) in [5.74, 6) is 0.390. The molecule has 0 aromatic heterocycles. The number of rotatable bonds is 4. The van der Waals surface area contributed by atoms with Gasteiger partial charge in [-0.3, -0.25) is 0 Å². The first kappa shape index (κ1) is 13.1. The van der Waals surface area contributed by atoms with Crippen molar-refractivity contribution >= 4 is 10.0 Å². The van der Waals surface area contributed by atoms with Crippen LogP contribution in [0.2, 0.25) is 0 Å². The van der Waals surface area contributed by atoms with Crippen molar-refractivity contribution in [2.45, 2.75) is 37.1 Å². The van der Waals surface area contributed by atoms with Crippen LogP contribution in [0.3, 0.4) is 0 Å². The fourth-order valence-corrected chi connectivity index (χ4v) is 3.71. The molecule has 1 fully saturated rings. The maximum Gasteiger partial charge on any atom is 0.242 e. The summed E-state index contributed by atoms with van der Waals surface area (Å²) in [5, 5.41) is 8.96. The van der Waals surface area contributed by atoms with Gasteiger partial charge in [0.2, 0.25) is 10.0 Å². The van der Waals surface area contributed by atoms with Gasteiger partial charge in [-0.1, -0.05) is 12.1 Å². The number of nitrogens with one attached hydrogen (secondary N) is 1. The minimum Gasteiger partial charge on any atom is -0.207 e. The van der Waals surface area contributed by atoms with Crippen LogP contribution in [0, 0.1) is 17.2 Å². The van der Waals surface area contributed by atoms with Crippen LogP contribution in [-0.4, -0.2) is 14.0 Å². The summed E-state index contributed by atoms with van der Waals surface area (Å²) in [4.78, 5) is 0.0567. The van der Waals surface area contributed by atoms with Gasteiger partial charge >= 0.3 is 0 Å². The molecule has 0 atom stereocenters. The molecular weight excluding hydrogens is 248 g/mol. The molecule has 2 rings (SSSR count). The van der Waals surface area contributed by atoms with E-state index in [2.05, 4.69) is 4.72 Å². The van der Waals surface area contributed by atoms with Crippen molar-refractivity contribution in [2.24, 2.45) is 5.92 Å². The van der Waals surface area contributed by atoms with Gasteiger partial charge in [0, 0.05) is 5.54 Å². The molecule has 1 aliphatic carbocycles. The summed E-state index contributed by atoms with van der Waals surface area (Å²) >= 11 is 0. The molecule has 18 heavy (non-hydrogen) atoms. The first-order chi connectivity index (χ1) is 8.37. The van der Waals surface area contributed by atoms with Gasteiger partial charge in [0.25, 0.3) is 0 Å². The van der Waals surface area contributed by atoms with Crippen molar-refractivity contribution in [3.05, 3.63) is 29.8 Å². The highest BCUT2D eigenvalue weighted by atomic mass is 32.2. The maximum atomic E-state index is 12.3. The van der Waals surface area contributed by atoms with E-state index in [1.165, 1.54) is 12.1 Å². The topological polar surface area (TPSA) is 70.0 Å². The van der Waals surface area contributed by atoms with Gasteiger partial charge in [-0.05, 0) is 44.7 Å². The molecule has 96 valence electrons. The Bertz CT molecular complexity index is 596. The molecule has 5 heteroatoms. The van der Waals surface area contributed by atoms with Gasteiger partial charge in [0.1, 0.15) is 6.07 Å². The van der Waals surface area contributed by atoms with Crippen LogP contribution in [0.15, 0.2) is 29.2 Å². The van der Waals surface area contributed by atoms with Crippen molar-refractivity contribution in [2.75, 3.05) is 0 Å². The number of nitrogens with zero attached hydrogens (tertiary/aromatic N) is 1. The predicted octanol–water partition coefficient (Wildman–Crippen LogP) is 2.03. The second-order valence-electron chi connectivity index (χ2n) is 5.21. The lowest BCUT2D eigenvalue weighted by atomic mass is 10.0. The van der Waals surface area contributed by atoms with E-state index >= 15 is 0 Å². The van der Waals surface area contributed by atoms with E-state index in [4.69, 9.17) is 5.26 Å². The number of hydrogen-bond donors (Lipinski definition) is 1. The van der Waals surface area contributed by atoms with Crippen molar-refractivity contribution in [1.29, 1.82) is 5.26 Å². The standard InChI is InChI=1S/C13H16N2O2S/c1-13(2,11-7-8-11)15-18(16,17)12-6-4-3-5-10(12)9-14/h3-6,11,15H,7-8H2,1-2H3. The largest absolute Gasteiger partial charge is 0.242 e. The first-order valence-electron chi connectivity index (χ1n) is 5.90. The Balaban J connectivity index is 2.34. The molecule has 1 N–H and O–H groups in total. The fourth-order valence-electron chi connectivity index (χ4n) is 2.08. The molecule has 0 unspecified atom stereocenters. The third-order valence-corrected chi connectivity index (χ3v) is 5.02. The second-order valence-corrected chi connectivity index (χ2v) is 6.86. The Labute approximate surface area is 108 Å². The molecule has 1 aromatic carbocycles. The van der Waals surface area contributed by atoms with Crippen LogP contribution in [0.25, 0.3) is 0 Å². The normalized spacial score (nSPS) is 16.3. The first-order valence-corrected chi connectivity index (χ1v) is 7.38. The molecule has 0 amide bonds. The van der Waals surface area contributed by atoms with E-state index in [9.17, 15) is 8.42 Å². The van der Waals surface area contributed by atoms with Crippen molar-refractivity contribution in [3.63, 3.8) is 0 Å². The maximum absolute atomic E-state index is 12.3. The van der Waals surface area contributed by atoms with Crippen LogP contribution in [-0.2, 0) is 10.0 Å². The summed E-state index contributed by atoms with van der Waals surface area (Å²) in [6.07, 6.45) is 2.10. The van der Waals surface area contributed by atoms with Crippen molar-refractivity contribution in [1.82, 2.24) is 4.72 Å². The molecule has 0 spiro atoms. The summed E-state index contributed by atoms with van der Waals surface area (Å²) < 4.78 is 27.3. The number of hydrogen-bond acceptors (Lipinski definition) is 3. The smallest absolute Gasteiger partial charge is 0.207 e. The molecule has 1 aromatic rings. The van der Waals surface area contributed by atoms with Crippen molar-refractivity contribution in [3.8, 4) is 6.07 Å². The Morgan fingerprint density at radius 2 is 1.94 bits per heavy atom. The Morgan fingerprint density at radius 1 is 1.33 bits per heavy atom. The Kier molecular flexibility index (Phi) is 3.18. The number of benzene rings is 1. The van der Waals surface area contributed by atoms with Crippen molar-refractivity contribution < 1.29 is 8.42 Å². The van der Waals surface area contributed by atoms with Gasteiger partial charge in [-0.25, -0.2) is 13.1 Å². The zero-order chi connectivity index (χ0) is 13.4. The van der Waals surface area contributed by atoms with Crippen LogP contribution in [0.1, 0.15) is 32.3 Å². The molecule has 1 saturated carbocycles. The molecule has 0 aliphatic heterocycles. The summed E-state index contributed by atoms with van der Waals surface area (Å²) in [7, 11) is -3.64. The Morgan fingerprint density at radius 3 is 2.50 bits per heavy atom. The highest BCUT2D eigenvalue weighted by Crippen LogP contribution is 2.40. The number of sulfonamides is 1. The quantitative estimate of drug-likeness (QED) is 0.904. The van der Waals surface area contributed by atoms with Crippen LogP contribution >= 0.6 is 0 Å². The van der Waals surface area contributed by atoms with Crippen LogP contribution < -0.4 is 4.72 Å². The van der Waals surface area contributed by atoms with Gasteiger partial charge < -0.3 is 0 Å². The van der Waals surface area contributed by atoms with E-state index in [1.807, 2.05) is 19.9 Å². The molecule has 0 bridgehead atoms. The van der Waals surface area contributed by atoms with E-state index in [1.54, 1.807) is 12.1 Å². The highest BCUT2D eigenvalue weighted by molar-refractivity contribution is 7.89. The van der Waals surface area contributed by atoms with Crippen LogP contribution in [0.4, 0.5) is 0 Å². The van der Waals surface area contributed by atoms with Gasteiger partial charge in [-0.2, -0.15) is 5.26 Å². The lowest BCUT2D eigenvalue weighted by Gasteiger charge is -2.25. The fraction of sp³-hybridized carbons (Fsp3) is 0.462. The summed E-state index contributed by atoms with van der Waals surface area (Å²) in [6.45, 7) is 3.77. The number of nitriles is 1. The molecule has 0 radical (unpaired) electrons. The minimum atomic E-state index is -3.64. The Hall–Kier alpha value is -1.38. The average molecular weight is 264 g/mol. The van der Waals surface area contributed by atoms with Gasteiger partial charge in [0.05, 0.1) is 10.5 Å². The molecule has 4 nitrogen and oxygen atoms in total. The average Bonchev–Trinajstić information content (AvgIpc) is 3.11. The SMILES string of the molecule is CC(C)(NS(=O)(=O)c1ccccc1C#N)C1CC1. The monoisotopic (exact) mass is 264 g/mol. The van der Waals surface area contributed by atoms with Gasteiger partial charge in [-0.15, -0.1) is 0 Å². The molecule has 0 heterocycles. The predicted molar refractivity (Wildman–Crippen MR) is 68.3 cm³/mol.